The predicted octanol–water partition coefficient (Wildman–Crippen LogP) is 10.3. The van der Waals surface area contributed by atoms with Gasteiger partial charge in [-0.15, -0.1) is 0 Å². The summed E-state index contributed by atoms with van der Waals surface area (Å²) in [5.74, 6) is 2.47. The molecule has 0 bridgehead atoms. The van der Waals surface area contributed by atoms with Gasteiger partial charge in [-0.25, -0.2) is 9.67 Å². The Labute approximate surface area is 264 Å². The molecule has 0 unspecified atom stereocenters. The maximum Gasteiger partial charge on any atom is 0.137 e. The average molecular weight is 591 g/mol. The topological polar surface area (TPSA) is 44.9 Å². The van der Waals surface area contributed by atoms with Crippen LogP contribution in [0.4, 0.5) is 0 Å². The van der Waals surface area contributed by atoms with E-state index in [0.29, 0.717) is 0 Å². The molecule has 0 saturated heterocycles. The molecule has 224 valence electrons. The minimum absolute atomic E-state index is 0.761. The smallest absolute Gasteiger partial charge is 0.137 e. The van der Waals surface area contributed by atoms with Crippen LogP contribution in [0.1, 0.15) is 49.2 Å². The van der Waals surface area contributed by atoms with E-state index in [1.165, 1.54) is 33.0 Å². The molecule has 5 heteroatoms. The fraction of sp³-hybridized carbons (Fsp3) is 0.200. The Kier molecular flexibility index (Phi) is 7.68. The lowest BCUT2D eigenvalue weighted by atomic mass is 10.0. The SMILES string of the molecule is CCCc1ccnc(-n2c3ccc(CCC)cc3c3ccc(Oc4cccc(-n5nc(C)c(-c6ccccc6)c5C)c4)cc32)c1. The Morgan fingerprint density at radius 2 is 1.44 bits per heavy atom. The monoisotopic (exact) mass is 590 g/mol. The van der Waals surface area contributed by atoms with E-state index in [4.69, 9.17) is 14.8 Å². The van der Waals surface area contributed by atoms with Crippen molar-refractivity contribution < 1.29 is 4.74 Å². The Hall–Kier alpha value is -5.16. The van der Waals surface area contributed by atoms with Crippen molar-refractivity contribution >= 4 is 21.8 Å². The van der Waals surface area contributed by atoms with Gasteiger partial charge in [-0.05, 0) is 91.9 Å². The normalized spacial score (nSPS) is 11.5. The number of ether oxygens (including phenoxy) is 1. The van der Waals surface area contributed by atoms with Crippen LogP contribution >= 0.6 is 0 Å². The van der Waals surface area contributed by atoms with E-state index < -0.39 is 0 Å². The minimum Gasteiger partial charge on any atom is -0.457 e. The molecule has 7 aromatic rings. The van der Waals surface area contributed by atoms with Crippen LogP contribution in [-0.2, 0) is 12.8 Å². The van der Waals surface area contributed by atoms with E-state index in [2.05, 4.69) is 117 Å². The van der Waals surface area contributed by atoms with Crippen molar-refractivity contribution in [2.45, 2.75) is 53.4 Å². The summed E-state index contributed by atoms with van der Waals surface area (Å²) in [6.45, 7) is 8.63. The number of hydrogen-bond donors (Lipinski definition) is 0. The first-order chi connectivity index (χ1) is 22.0. The van der Waals surface area contributed by atoms with Crippen LogP contribution in [0.25, 0.3) is 44.4 Å². The molecule has 0 aliphatic rings. The molecule has 0 N–H and O–H groups in total. The van der Waals surface area contributed by atoms with E-state index in [0.717, 1.165) is 71.1 Å². The highest BCUT2D eigenvalue weighted by Crippen LogP contribution is 2.36. The molecule has 3 aromatic heterocycles. The summed E-state index contributed by atoms with van der Waals surface area (Å²) < 4.78 is 10.8. The predicted molar refractivity (Wildman–Crippen MR) is 185 cm³/mol. The van der Waals surface area contributed by atoms with E-state index in [9.17, 15) is 0 Å². The Morgan fingerprint density at radius 3 is 2.24 bits per heavy atom. The first kappa shape index (κ1) is 28.6. The lowest BCUT2D eigenvalue weighted by Gasteiger charge is -2.11. The van der Waals surface area contributed by atoms with Crippen LogP contribution in [-0.4, -0.2) is 19.3 Å². The van der Waals surface area contributed by atoms with Gasteiger partial charge in [0, 0.05) is 40.4 Å². The second-order valence-corrected chi connectivity index (χ2v) is 11.8. The number of nitrogens with zero attached hydrogens (tertiary/aromatic N) is 4. The van der Waals surface area contributed by atoms with Crippen molar-refractivity contribution in [2.75, 3.05) is 0 Å². The minimum atomic E-state index is 0.761. The van der Waals surface area contributed by atoms with Gasteiger partial charge in [0.05, 0.1) is 22.4 Å². The number of aryl methyl sites for hydroxylation is 3. The van der Waals surface area contributed by atoms with Crippen molar-refractivity contribution in [3.63, 3.8) is 0 Å². The van der Waals surface area contributed by atoms with Gasteiger partial charge in [0.1, 0.15) is 17.3 Å². The summed E-state index contributed by atoms with van der Waals surface area (Å²) in [5, 5.41) is 7.35. The average Bonchev–Trinajstić information content (AvgIpc) is 3.54. The molecule has 3 heterocycles. The van der Waals surface area contributed by atoms with Gasteiger partial charge in [0.2, 0.25) is 0 Å². The van der Waals surface area contributed by atoms with Crippen LogP contribution in [0.5, 0.6) is 11.5 Å². The quantitative estimate of drug-likeness (QED) is 0.168. The van der Waals surface area contributed by atoms with E-state index in [1.807, 2.05) is 29.1 Å². The molecule has 4 aromatic carbocycles. The van der Waals surface area contributed by atoms with Gasteiger partial charge in [0.15, 0.2) is 0 Å². The number of benzene rings is 4. The largest absolute Gasteiger partial charge is 0.457 e. The molecule has 0 radical (unpaired) electrons. The zero-order valence-corrected chi connectivity index (χ0v) is 26.4. The number of rotatable bonds is 9. The summed E-state index contributed by atoms with van der Waals surface area (Å²) in [4.78, 5) is 4.83. The van der Waals surface area contributed by atoms with Crippen LogP contribution < -0.4 is 4.74 Å². The first-order valence-corrected chi connectivity index (χ1v) is 16.0. The van der Waals surface area contributed by atoms with E-state index in [1.54, 1.807) is 0 Å². The third kappa shape index (κ3) is 5.40. The molecule has 0 amide bonds. The molecule has 5 nitrogen and oxygen atoms in total. The summed E-state index contributed by atoms with van der Waals surface area (Å²) in [5.41, 5.74) is 10.3. The third-order valence-corrected chi connectivity index (χ3v) is 8.57. The Bertz CT molecular complexity index is 2140. The van der Waals surface area contributed by atoms with Crippen LogP contribution in [0.2, 0.25) is 0 Å². The van der Waals surface area contributed by atoms with E-state index >= 15 is 0 Å². The van der Waals surface area contributed by atoms with Crippen molar-refractivity contribution in [2.24, 2.45) is 0 Å². The number of fused-ring (bicyclic) bond motifs is 3. The van der Waals surface area contributed by atoms with Gasteiger partial charge in [-0.1, -0.05) is 69.2 Å². The number of pyridine rings is 1. The van der Waals surface area contributed by atoms with Gasteiger partial charge in [-0.2, -0.15) is 5.10 Å². The zero-order valence-electron chi connectivity index (χ0n) is 26.4. The fourth-order valence-corrected chi connectivity index (χ4v) is 6.56. The second-order valence-electron chi connectivity index (χ2n) is 11.8. The maximum absolute atomic E-state index is 6.55. The number of hydrogen-bond acceptors (Lipinski definition) is 3. The summed E-state index contributed by atoms with van der Waals surface area (Å²) in [7, 11) is 0. The van der Waals surface area contributed by atoms with Gasteiger partial charge in [-0.3, -0.25) is 4.57 Å². The molecular weight excluding hydrogens is 552 g/mol. The fourth-order valence-electron chi connectivity index (χ4n) is 6.56. The van der Waals surface area contributed by atoms with E-state index in [-0.39, 0.29) is 0 Å². The highest BCUT2D eigenvalue weighted by molar-refractivity contribution is 6.09. The van der Waals surface area contributed by atoms with Crippen LogP contribution in [0.3, 0.4) is 0 Å². The zero-order chi connectivity index (χ0) is 30.9. The molecular formula is C40H38N4O. The molecule has 0 atom stereocenters. The van der Waals surface area contributed by atoms with Gasteiger partial charge >= 0.3 is 0 Å². The lowest BCUT2D eigenvalue weighted by Crippen LogP contribution is -2.00. The summed E-state index contributed by atoms with van der Waals surface area (Å²) >= 11 is 0. The van der Waals surface area contributed by atoms with Crippen molar-refractivity contribution in [3.8, 4) is 34.1 Å². The molecule has 0 fully saturated rings. The van der Waals surface area contributed by atoms with Crippen molar-refractivity contribution in [3.05, 3.63) is 132 Å². The molecule has 0 saturated carbocycles. The Balaban J connectivity index is 1.30. The maximum atomic E-state index is 6.55. The van der Waals surface area contributed by atoms with Crippen LogP contribution in [0, 0.1) is 13.8 Å². The lowest BCUT2D eigenvalue weighted by molar-refractivity contribution is 0.483. The van der Waals surface area contributed by atoms with Crippen LogP contribution in [0.15, 0.2) is 109 Å². The van der Waals surface area contributed by atoms with Gasteiger partial charge < -0.3 is 4.74 Å². The third-order valence-electron chi connectivity index (χ3n) is 8.57. The molecule has 7 rings (SSSR count). The number of aromatic nitrogens is 4. The highest BCUT2D eigenvalue weighted by atomic mass is 16.5. The standard InChI is InChI=1S/C40H38N4O/c1-5-11-29-17-20-37-36(23-29)35-19-18-34(26-38(35)43(37)39-24-30(12-6-2)21-22-41-39)45-33-16-10-15-32(25-33)44-28(4)40(27(3)42-44)31-13-8-7-9-14-31/h7-10,13-26H,5-6,11-12H2,1-4H3. The van der Waals surface area contributed by atoms with Crippen molar-refractivity contribution in [1.82, 2.24) is 19.3 Å². The summed E-state index contributed by atoms with van der Waals surface area (Å²) in [6, 6.07) is 36.2. The molecule has 0 spiro atoms. The molecule has 45 heavy (non-hydrogen) atoms. The highest BCUT2D eigenvalue weighted by Gasteiger charge is 2.17. The van der Waals surface area contributed by atoms with Crippen molar-refractivity contribution in [1.29, 1.82) is 0 Å². The summed E-state index contributed by atoms with van der Waals surface area (Å²) in [6.07, 6.45) is 6.23. The second kappa shape index (κ2) is 12.1. The first-order valence-electron chi connectivity index (χ1n) is 16.0. The van der Waals surface area contributed by atoms with Gasteiger partial charge in [0.25, 0.3) is 0 Å². The molecule has 0 aliphatic heterocycles. The molecule has 0 aliphatic carbocycles. The Morgan fingerprint density at radius 1 is 0.667 bits per heavy atom.